The molecular formula is C46H65NO6. The van der Waals surface area contributed by atoms with Gasteiger partial charge in [-0.3, -0.25) is 9.59 Å². The summed E-state index contributed by atoms with van der Waals surface area (Å²) in [6.45, 7) is 17.7. The summed E-state index contributed by atoms with van der Waals surface area (Å²) >= 11 is 0. The van der Waals surface area contributed by atoms with E-state index >= 15 is 0 Å². The maximum atomic E-state index is 14.2. The van der Waals surface area contributed by atoms with Crippen LogP contribution >= 0.6 is 0 Å². The number of carboxylic acid groups (broad SMARTS) is 1. The van der Waals surface area contributed by atoms with E-state index in [9.17, 15) is 24.6 Å². The van der Waals surface area contributed by atoms with Crippen molar-refractivity contribution in [2.45, 2.75) is 125 Å². The number of aliphatic hydroxyl groups excluding tert-OH is 1. The van der Waals surface area contributed by atoms with E-state index in [1.807, 2.05) is 17.0 Å². The van der Waals surface area contributed by atoms with Gasteiger partial charge in [0.2, 0.25) is 5.91 Å². The van der Waals surface area contributed by atoms with E-state index < -0.39 is 17.5 Å². The van der Waals surface area contributed by atoms with Crippen molar-refractivity contribution in [3.8, 4) is 0 Å². The highest BCUT2D eigenvalue weighted by Crippen LogP contribution is 2.78. The van der Waals surface area contributed by atoms with Crippen molar-refractivity contribution >= 4 is 23.2 Å². The molecule has 290 valence electrons. The molecule has 6 aliphatic carbocycles. The van der Waals surface area contributed by atoms with Crippen molar-refractivity contribution in [1.82, 2.24) is 4.90 Å². The van der Waals surface area contributed by atoms with Gasteiger partial charge in [0.1, 0.15) is 6.61 Å². The van der Waals surface area contributed by atoms with Gasteiger partial charge in [0.15, 0.2) is 5.78 Å². The van der Waals surface area contributed by atoms with Gasteiger partial charge in [-0.2, -0.15) is 0 Å². The number of allylic oxidation sites excluding steroid dienone is 3. The lowest BCUT2D eigenvalue weighted by molar-refractivity contribution is -0.208. The van der Waals surface area contributed by atoms with Crippen LogP contribution in [0.4, 0.5) is 0 Å². The molecular weight excluding hydrogens is 663 g/mol. The Morgan fingerprint density at radius 1 is 0.962 bits per heavy atom. The molecule has 53 heavy (non-hydrogen) atoms. The highest BCUT2D eigenvalue weighted by molar-refractivity contribution is 6.01. The van der Waals surface area contributed by atoms with Crippen LogP contribution < -0.4 is 0 Å². The first-order chi connectivity index (χ1) is 25.0. The standard InChI is InChI=1S/C46H65NO6/c1-9-46-23-22-45(37(49)26-47(25-29-10-11-29)38(50)27-53-8)24-34(48)39(28(2)3)40(45)33(46)16-17-36-43(6)20-18-32(30-12-14-31(15-13-30)41(51)52)42(4,5)35(43)19-21-44(36,46)7/h12-15,18,28-29,33,35-37,49H,9-11,16-17,19-27H2,1-8H3,(H,51,52)/t33-,35-,36-,37+,43+,44-,45+,46-/m1/s1. The molecule has 1 aromatic rings. The van der Waals surface area contributed by atoms with Crippen LogP contribution in [-0.2, 0) is 14.3 Å². The number of hydrogen-bond donors (Lipinski definition) is 2. The third-order valence-electron chi connectivity index (χ3n) is 16.6. The fourth-order valence-corrected chi connectivity index (χ4v) is 14.1. The number of rotatable bonds is 11. The van der Waals surface area contributed by atoms with Crippen LogP contribution in [0.5, 0.6) is 0 Å². The van der Waals surface area contributed by atoms with E-state index in [2.05, 4.69) is 54.5 Å². The van der Waals surface area contributed by atoms with Crippen LogP contribution in [0, 0.1) is 56.7 Å². The Morgan fingerprint density at radius 2 is 1.66 bits per heavy atom. The van der Waals surface area contributed by atoms with Gasteiger partial charge in [-0.25, -0.2) is 4.79 Å². The second kappa shape index (κ2) is 13.5. The van der Waals surface area contributed by atoms with E-state index in [0.29, 0.717) is 36.3 Å². The molecule has 0 unspecified atom stereocenters. The van der Waals surface area contributed by atoms with Gasteiger partial charge in [0, 0.05) is 32.0 Å². The minimum absolute atomic E-state index is 0.0108. The first-order valence-corrected chi connectivity index (χ1v) is 20.8. The molecule has 8 atom stereocenters. The SMILES string of the molecule is CC[C@@]12CC[C@@]3([C@@H](O)CN(CC4CC4)C(=O)COC)CC(=O)C(C(C)C)=C3[C@H]1CC[C@@H]1[C@@]3(C)CC=C(c4ccc(C(=O)O)cc4)C(C)(C)[C@H]3CC[C@]12C. The summed E-state index contributed by atoms with van der Waals surface area (Å²) in [5, 5.41) is 22.0. The first kappa shape index (κ1) is 38.5. The number of amides is 1. The number of benzene rings is 1. The number of nitrogens with zero attached hydrogens (tertiary/aromatic N) is 1. The summed E-state index contributed by atoms with van der Waals surface area (Å²) in [6, 6.07) is 7.47. The van der Waals surface area contributed by atoms with Crippen LogP contribution in [0.15, 0.2) is 41.5 Å². The topological polar surface area (TPSA) is 104 Å². The van der Waals surface area contributed by atoms with Crippen molar-refractivity contribution in [2.75, 3.05) is 26.8 Å². The fraction of sp³-hybridized carbons (Fsp3) is 0.717. The maximum Gasteiger partial charge on any atom is 0.335 e. The third-order valence-corrected chi connectivity index (χ3v) is 16.6. The summed E-state index contributed by atoms with van der Waals surface area (Å²) in [4.78, 5) is 41.0. The lowest BCUT2D eigenvalue weighted by Gasteiger charge is -2.72. The number of aliphatic hydroxyl groups is 1. The normalized spacial score (nSPS) is 36.6. The smallest absolute Gasteiger partial charge is 0.335 e. The highest BCUT2D eigenvalue weighted by atomic mass is 16.5. The van der Waals surface area contributed by atoms with Crippen LogP contribution in [0.25, 0.3) is 5.57 Å². The summed E-state index contributed by atoms with van der Waals surface area (Å²) < 4.78 is 5.26. The number of hydrogen-bond acceptors (Lipinski definition) is 5. The Bertz CT molecular complexity index is 1700. The van der Waals surface area contributed by atoms with E-state index in [-0.39, 0.29) is 58.3 Å². The number of carbonyl (C=O) groups is 3. The van der Waals surface area contributed by atoms with Crippen LogP contribution in [-0.4, -0.2) is 65.7 Å². The van der Waals surface area contributed by atoms with E-state index in [0.717, 1.165) is 75.3 Å². The number of methoxy groups -OCH3 is 1. The Morgan fingerprint density at radius 3 is 2.26 bits per heavy atom. The number of ketones is 1. The van der Waals surface area contributed by atoms with Gasteiger partial charge in [-0.1, -0.05) is 72.2 Å². The molecule has 7 rings (SSSR count). The quantitative estimate of drug-likeness (QED) is 0.236. The van der Waals surface area contributed by atoms with Gasteiger partial charge in [0.05, 0.1) is 11.7 Å². The zero-order valence-corrected chi connectivity index (χ0v) is 33.7. The molecule has 4 fully saturated rings. The molecule has 6 aliphatic rings. The van der Waals surface area contributed by atoms with Gasteiger partial charge >= 0.3 is 5.97 Å². The van der Waals surface area contributed by atoms with E-state index in [1.54, 1.807) is 19.2 Å². The minimum atomic E-state index is -0.895. The van der Waals surface area contributed by atoms with Gasteiger partial charge in [0.25, 0.3) is 0 Å². The number of aromatic carboxylic acids is 1. The van der Waals surface area contributed by atoms with Gasteiger partial charge in [-0.05, 0) is 144 Å². The molecule has 0 saturated heterocycles. The molecule has 1 aromatic carbocycles. The Labute approximate surface area is 318 Å². The number of carbonyl (C=O) groups excluding carboxylic acids is 2. The van der Waals surface area contributed by atoms with Gasteiger partial charge < -0.3 is 19.8 Å². The third kappa shape index (κ3) is 5.75. The van der Waals surface area contributed by atoms with Crippen molar-refractivity contribution < 1.29 is 29.3 Å². The molecule has 2 N–H and O–H groups in total. The molecule has 7 heteroatoms. The Hall–Kier alpha value is -2.77. The predicted molar refractivity (Wildman–Crippen MR) is 208 cm³/mol. The van der Waals surface area contributed by atoms with Crippen molar-refractivity contribution in [3.63, 3.8) is 0 Å². The molecule has 0 aliphatic heterocycles. The molecule has 0 heterocycles. The maximum absolute atomic E-state index is 14.2. The number of Topliss-reactive ketones (excluding diaryl/α,β-unsaturated/α-hetero) is 1. The molecule has 0 aromatic heterocycles. The molecule has 1 amide bonds. The molecule has 0 radical (unpaired) electrons. The van der Waals surface area contributed by atoms with Crippen LogP contribution in [0.1, 0.15) is 135 Å². The number of ether oxygens (including phenoxy) is 1. The Kier molecular flexibility index (Phi) is 9.78. The average Bonchev–Trinajstić information content (AvgIpc) is 3.86. The zero-order valence-electron chi connectivity index (χ0n) is 33.7. The number of fused-ring (bicyclic) bond motifs is 7. The highest BCUT2D eigenvalue weighted by Gasteiger charge is 2.71. The fourth-order valence-electron chi connectivity index (χ4n) is 14.1. The number of carboxylic acids is 1. The minimum Gasteiger partial charge on any atom is -0.478 e. The lowest BCUT2D eigenvalue weighted by Crippen LogP contribution is -2.65. The average molecular weight is 728 g/mol. The van der Waals surface area contributed by atoms with E-state index in [1.165, 1.54) is 11.1 Å². The second-order valence-electron chi connectivity index (χ2n) is 19.6. The van der Waals surface area contributed by atoms with Crippen molar-refractivity contribution in [1.29, 1.82) is 0 Å². The lowest BCUT2D eigenvalue weighted by atomic mass is 9.32. The molecule has 0 bridgehead atoms. The second-order valence-corrected chi connectivity index (χ2v) is 19.6. The predicted octanol–water partition coefficient (Wildman–Crippen LogP) is 8.99. The summed E-state index contributed by atoms with van der Waals surface area (Å²) in [5.74, 6) is 1.07. The van der Waals surface area contributed by atoms with Crippen molar-refractivity contribution in [3.05, 3.63) is 52.6 Å². The first-order valence-electron chi connectivity index (χ1n) is 20.8. The molecule has 7 nitrogen and oxygen atoms in total. The summed E-state index contributed by atoms with van der Waals surface area (Å²) in [7, 11) is 1.55. The Balaban J connectivity index is 1.25. The van der Waals surface area contributed by atoms with Crippen molar-refractivity contribution in [2.24, 2.45) is 56.7 Å². The zero-order chi connectivity index (χ0) is 38.3. The monoisotopic (exact) mass is 727 g/mol. The summed E-state index contributed by atoms with van der Waals surface area (Å²) in [5.41, 5.74) is 4.54. The largest absolute Gasteiger partial charge is 0.478 e. The molecule has 0 spiro atoms. The van der Waals surface area contributed by atoms with Gasteiger partial charge in [-0.15, -0.1) is 0 Å². The summed E-state index contributed by atoms with van der Waals surface area (Å²) in [6.07, 6.45) is 12.6. The van der Waals surface area contributed by atoms with Crippen LogP contribution in [0.2, 0.25) is 0 Å². The van der Waals surface area contributed by atoms with Crippen LogP contribution in [0.3, 0.4) is 0 Å². The molecule has 4 saturated carbocycles. The van der Waals surface area contributed by atoms with E-state index in [4.69, 9.17) is 4.74 Å².